The van der Waals surface area contributed by atoms with Crippen LogP contribution < -0.4 is 11.3 Å². The van der Waals surface area contributed by atoms with Gasteiger partial charge >= 0.3 is 0 Å². The molecule has 1 aromatic rings. The Morgan fingerprint density at radius 1 is 1.32 bits per heavy atom. The third-order valence-corrected chi connectivity index (χ3v) is 4.09. The summed E-state index contributed by atoms with van der Waals surface area (Å²) in [6, 6.07) is 10.7. The van der Waals surface area contributed by atoms with Gasteiger partial charge in [0.2, 0.25) is 0 Å². The number of benzene rings is 1. The van der Waals surface area contributed by atoms with Crippen molar-refractivity contribution in [1.82, 2.24) is 5.43 Å². The average molecular weight is 264 g/mol. The Bertz CT molecular complexity index is 364. The second-order valence-corrected chi connectivity index (χ2v) is 5.01. The van der Waals surface area contributed by atoms with Gasteiger partial charge in [-0.15, -0.1) is 0 Å². The van der Waals surface area contributed by atoms with Crippen LogP contribution in [0.1, 0.15) is 25.3 Å². The van der Waals surface area contributed by atoms with Crippen LogP contribution in [-0.2, 0) is 14.9 Å². The molecule has 1 heterocycles. The zero-order valence-electron chi connectivity index (χ0n) is 11.6. The minimum absolute atomic E-state index is 0.00340. The van der Waals surface area contributed by atoms with Gasteiger partial charge in [-0.1, -0.05) is 30.3 Å². The van der Waals surface area contributed by atoms with Gasteiger partial charge in [-0.05, 0) is 25.3 Å². The van der Waals surface area contributed by atoms with E-state index < -0.39 is 0 Å². The van der Waals surface area contributed by atoms with E-state index in [9.17, 15) is 0 Å². The van der Waals surface area contributed by atoms with E-state index in [1.165, 1.54) is 5.56 Å². The Balaban J connectivity index is 2.27. The van der Waals surface area contributed by atoms with Gasteiger partial charge < -0.3 is 9.47 Å². The second-order valence-electron chi connectivity index (χ2n) is 5.01. The van der Waals surface area contributed by atoms with Crippen LogP contribution >= 0.6 is 0 Å². The van der Waals surface area contributed by atoms with E-state index in [0.717, 1.165) is 26.1 Å². The van der Waals surface area contributed by atoms with Crippen LogP contribution in [0.3, 0.4) is 0 Å². The van der Waals surface area contributed by atoms with Crippen LogP contribution in [0.25, 0.3) is 0 Å². The van der Waals surface area contributed by atoms with Crippen LogP contribution in [0.5, 0.6) is 0 Å². The topological polar surface area (TPSA) is 56.5 Å². The Morgan fingerprint density at radius 2 is 2.00 bits per heavy atom. The number of nitrogens with one attached hydrogen (secondary N) is 1. The zero-order valence-corrected chi connectivity index (χ0v) is 11.6. The van der Waals surface area contributed by atoms with E-state index in [-0.39, 0.29) is 11.5 Å². The maximum atomic E-state index is 5.80. The fourth-order valence-electron chi connectivity index (χ4n) is 2.95. The molecule has 3 N–H and O–H groups in total. The van der Waals surface area contributed by atoms with Gasteiger partial charge in [0.15, 0.2) is 0 Å². The van der Waals surface area contributed by atoms with Crippen molar-refractivity contribution in [2.24, 2.45) is 5.84 Å². The SMILES string of the molecule is CCOCC(NN)C1(c2ccccc2)CCOCC1. The largest absolute Gasteiger partial charge is 0.381 e. The maximum Gasteiger partial charge on any atom is 0.0641 e. The molecule has 0 aromatic heterocycles. The Morgan fingerprint density at radius 3 is 2.58 bits per heavy atom. The quantitative estimate of drug-likeness (QED) is 0.605. The van der Waals surface area contributed by atoms with Crippen LogP contribution in [0.4, 0.5) is 0 Å². The first-order chi connectivity index (χ1) is 9.33. The Labute approximate surface area is 115 Å². The predicted molar refractivity (Wildman–Crippen MR) is 75.8 cm³/mol. The van der Waals surface area contributed by atoms with E-state index in [1.54, 1.807) is 0 Å². The molecule has 1 aromatic carbocycles. The van der Waals surface area contributed by atoms with Crippen molar-refractivity contribution in [2.75, 3.05) is 26.4 Å². The fourth-order valence-corrected chi connectivity index (χ4v) is 2.95. The summed E-state index contributed by atoms with van der Waals surface area (Å²) in [5.41, 5.74) is 4.29. The summed E-state index contributed by atoms with van der Waals surface area (Å²) < 4.78 is 11.1. The molecule has 4 heteroatoms. The van der Waals surface area contributed by atoms with Crippen LogP contribution in [0.2, 0.25) is 0 Å². The summed E-state index contributed by atoms with van der Waals surface area (Å²) in [5.74, 6) is 5.80. The van der Waals surface area contributed by atoms with Gasteiger partial charge in [0, 0.05) is 25.2 Å². The van der Waals surface area contributed by atoms with Gasteiger partial charge in [0.1, 0.15) is 0 Å². The molecule has 1 aliphatic heterocycles. The highest BCUT2D eigenvalue weighted by Crippen LogP contribution is 2.38. The molecular weight excluding hydrogens is 240 g/mol. The Kier molecular flexibility index (Phi) is 5.34. The third kappa shape index (κ3) is 3.15. The van der Waals surface area contributed by atoms with E-state index in [1.807, 2.05) is 13.0 Å². The summed E-state index contributed by atoms with van der Waals surface area (Å²) in [6.45, 7) is 4.90. The fraction of sp³-hybridized carbons (Fsp3) is 0.600. The summed E-state index contributed by atoms with van der Waals surface area (Å²) in [5, 5.41) is 0. The number of nitrogens with two attached hydrogens (primary N) is 1. The monoisotopic (exact) mass is 264 g/mol. The van der Waals surface area contributed by atoms with Crippen LogP contribution in [0, 0.1) is 0 Å². The molecule has 0 bridgehead atoms. The molecule has 0 radical (unpaired) electrons. The molecule has 19 heavy (non-hydrogen) atoms. The molecule has 1 fully saturated rings. The summed E-state index contributed by atoms with van der Waals surface area (Å²) in [4.78, 5) is 0. The van der Waals surface area contributed by atoms with Crippen molar-refractivity contribution in [3.63, 3.8) is 0 Å². The van der Waals surface area contributed by atoms with Crippen molar-refractivity contribution >= 4 is 0 Å². The van der Waals surface area contributed by atoms with Crippen molar-refractivity contribution in [1.29, 1.82) is 0 Å². The number of hydrazine groups is 1. The summed E-state index contributed by atoms with van der Waals surface area (Å²) in [7, 11) is 0. The lowest BCUT2D eigenvalue weighted by Gasteiger charge is -2.43. The third-order valence-electron chi connectivity index (χ3n) is 4.09. The van der Waals surface area contributed by atoms with E-state index in [0.29, 0.717) is 13.2 Å². The molecule has 106 valence electrons. The number of ether oxygens (including phenoxy) is 2. The lowest BCUT2D eigenvalue weighted by molar-refractivity contribution is 0.0116. The molecule has 1 unspecified atom stereocenters. The van der Waals surface area contributed by atoms with Gasteiger partial charge in [-0.2, -0.15) is 0 Å². The number of rotatable bonds is 6. The van der Waals surface area contributed by atoms with Crippen LogP contribution in [-0.4, -0.2) is 32.5 Å². The lowest BCUT2D eigenvalue weighted by atomic mass is 9.69. The highest BCUT2D eigenvalue weighted by atomic mass is 16.5. The lowest BCUT2D eigenvalue weighted by Crippen LogP contribution is -2.56. The van der Waals surface area contributed by atoms with E-state index >= 15 is 0 Å². The summed E-state index contributed by atoms with van der Waals surface area (Å²) >= 11 is 0. The van der Waals surface area contributed by atoms with Crippen LogP contribution in [0.15, 0.2) is 30.3 Å². The molecule has 2 rings (SSSR count). The molecule has 0 aliphatic carbocycles. The van der Waals surface area contributed by atoms with E-state index in [4.69, 9.17) is 15.3 Å². The minimum atomic E-state index is 0.00340. The standard InChI is InChI=1S/C15H24N2O2/c1-2-18-12-14(17-16)15(8-10-19-11-9-15)13-6-4-3-5-7-13/h3-7,14,17H,2,8-12,16H2,1H3. The van der Waals surface area contributed by atoms with Gasteiger partial charge in [0.25, 0.3) is 0 Å². The molecule has 1 atom stereocenters. The van der Waals surface area contributed by atoms with Gasteiger partial charge in [-0.25, -0.2) is 0 Å². The number of hydrogen-bond donors (Lipinski definition) is 2. The first-order valence-corrected chi connectivity index (χ1v) is 7.00. The molecule has 4 nitrogen and oxygen atoms in total. The van der Waals surface area contributed by atoms with Gasteiger partial charge in [0.05, 0.1) is 12.6 Å². The molecule has 0 spiro atoms. The first-order valence-electron chi connectivity index (χ1n) is 7.00. The Hall–Kier alpha value is -0.940. The average Bonchev–Trinajstić information content (AvgIpc) is 2.50. The normalized spacial score (nSPS) is 20.1. The molecule has 1 saturated heterocycles. The highest BCUT2D eigenvalue weighted by Gasteiger charge is 2.41. The van der Waals surface area contributed by atoms with Crippen molar-refractivity contribution < 1.29 is 9.47 Å². The predicted octanol–water partition coefficient (Wildman–Crippen LogP) is 1.60. The smallest absolute Gasteiger partial charge is 0.0641 e. The number of hydrogen-bond acceptors (Lipinski definition) is 4. The molecular formula is C15H24N2O2. The highest BCUT2D eigenvalue weighted by molar-refractivity contribution is 5.28. The zero-order chi connectivity index (χ0) is 13.6. The maximum absolute atomic E-state index is 5.80. The van der Waals surface area contributed by atoms with Crippen molar-refractivity contribution in [3.8, 4) is 0 Å². The molecule has 1 aliphatic rings. The molecule has 0 saturated carbocycles. The second kappa shape index (κ2) is 7.01. The van der Waals surface area contributed by atoms with Gasteiger partial charge in [-0.3, -0.25) is 11.3 Å². The van der Waals surface area contributed by atoms with Crippen molar-refractivity contribution in [2.45, 2.75) is 31.2 Å². The van der Waals surface area contributed by atoms with Crippen molar-refractivity contribution in [3.05, 3.63) is 35.9 Å². The minimum Gasteiger partial charge on any atom is -0.381 e. The summed E-state index contributed by atoms with van der Waals surface area (Å²) in [6.07, 6.45) is 1.94. The van der Waals surface area contributed by atoms with E-state index in [2.05, 4.69) is 29.7 Å². The molecule has 0 amide bonds. The first kappa shape index (κ1) is 14.5.